The van der Waals surface area contributed by atoms with Gasteiger partial charge in [0.1, 0.15) is 0 Å². The first-order valence-electron chi connectivity index (χ1n) is 6.82. The van der Waals surface area contributed by atoms with E-state index in [0.29, 0.717) is 17.7 Å². The average Bonchev–Trinajstić information content (AvgIpc) is 2.45. The van der Waals surface area contributed by atoms with Crippen LogP contribution in [0.5, 0.6) is 0 Å². The van der Waals surface area contributed by atoms with Crippen LogP contribution in [0.3, 0.4) is 0 Å². The fourth-order valence-corrected chi connectivity index (χ4v) is 2.89. The highest BCUT2D eigenvalue weighted by molar-refractivity contribution is 9.10. The molecule has 0 saturated carbocycles. The molecule has 1 heterocycles. The maximum atomic E-state index is 11.4. The zero-order chi connectivity index (χ0) is 14.5. The molecule has 0 amide bonds. The Balaban J connectivity index is 1.94. The van der Waals surface area contributed by atoms with Gasteiger partial charge in [-0.15, -0.1) is 0 Å². The molecule has 0 aliphatic carbocycles. The molecule has 1 aliphatic heterocycles. The number of hydrogen-bond acceptors (Lipinski definition) is 4. The Bertz CT molecular complexity index is 478. The van der Waals surface area contributed by atoms with Gasteiger partial charge in [0, 0.05) is 23.7 Å². The van der Waals surface area contributed by atoms with Crippen LogP contribution < -0.4 is 5.32 Å². The highest BCUT2D eigenvalue weighted by atomic mass is 79.9. The highest BCUT2D eigenvalue weighted by Gasteiger charge is 2.19. The van der Waals surface area contributed by atoms with E-state index in [2.05, 4.69) is 28.2 Å². The van der Waals surface area contributed by atoms with E-state index in [9.17, 15) is 4.79 Å². The van der Waals surface area contributed by atoms with E-state index in [1.165, 1.54) is 7.11 Å². The van der Waals surface area contributed by atoms with Gasteiger partial charge in [0.2, 0.25) is 0 Å². The summed E-state index contributed by atoms with van der Waals surface area (Å²) in [5, 5.41) is 3.55. The standard InChI is InChI=1S/C15H20BrNO3/c1-10-7-13(5-6-20-10)17-9-12-4-3-11(8-14(12)16)15(18)19-2/h3-4,8,10,13,17H,5-7,9H2,1-2H3. The summed E-state index contributed by atoms with van der Waals surface area (Å²) in [6.07, 6.45) is 2.41. The van der Waals surface area contributed by atoms with Gasteiger partial charge < -0.3 is 14.8 Å². The first-order chi connectivity index (χ1) is 9.60. The molecule has 1 N–H and O–H groups in total. The van der Waals surface area contributed by atoms with Crippen LogP contribution in [-0.2, 0) is 16.0 Å². The van der Waals surface area contributed by atoms with Crippen molar-refractivity contribution in [1.29, 1.82) is 0 Å². The summed E-state index contributed by atoms with van der Waals surface area (Å²) in [6, 6.07) is 6.04. The minimum absolute atomic E-state index is 0.316. The molecule has 0 aromatic heterocycles. The third kappa shape index (κ3) is 4.04. The molecule has 1 aromatic rings. The molecule has 5 heteroatoms. The molecule has 20 heavy (non-hydrogen) atoms. The number of esters is 1. The number of carbonyl (C=O) groups is 1. The summed E-state index contributed by atoms with van der Waals surface area (Å²) in [5.41, 5.74) is 1.69. The second-order valence-corrected chi connectivity index (χ2v) is 5.94. The van der Waals surface area contributed by atoms with Crippen molar-refractivity contribution in [3.05, 3.63) is 33.8 Å². The fourth-order valence-electron chi connectivity index (χ4n) is 2.37. The van der Waals surface area contributed by atoms with Crippen LogP contribution in [-0.4, -0.2) is 31.8 Å². The smallest absolute Gasteiger partial charge is 0.337 e. The lowest BCUT2D eigenvalue weighted by Gasteiger charge is -2.28. The molecule has 4 nitrogen and oxygen atoms in total. The van der Waals surface area contributed by atoms with Crippen molar-refractivity contribution in [3.63, 3.8) is 0 Å². The molecule has 110 valence electrons. The number of rotatable bonds is 4. The number of benzene rings is 1. The molecule has 1 fully saturated rings. The fraction of sp³-hybridized carbons (Fsp3) is 0.533. The Morgan fingerprint density at radius 1 is 1.55 bits per heavy atom. The number of carbonyl (C=O) groups excluding carboxylic acids is 1. The maximum Gasteiger partial charge on any atom is 0.337 e. The van der Waals surface area contributed by atoms with Crippen molar-refractivity contribution < 1.29 is 14.3 Å². The molecular weight excluding hydrogens is 322 g/mol. The van der Waals surface area contributed by atoms with Gasteiger partial charge in [-0.25, -0.2) is 4.79 Å². The quantitative estimate of drug-likeness (QED) is 0.855. The second kappa shape index (κ2) is 7.20. The SMILES string of the molecule is COC(=O)c1ccc(CNC2CCOC(C)C2)c(Br)c1. The van der Waals surface area contributed by atoms with E-state index in [0.717, 1.165) is 36.0 Å². The van der Waals surface area contributed by atoms with Crippen LogP contribution in [0, 0.1) is 0 Å². The molecule has 2 rings (SSSR count). The van der Waals surface area contributed by atoms with Gasteiger partial charge in [-0.1, -0.05) is 22.0 Å². The van der Waals surface area contributed by atoms with Crippen LogP contribution in [0.4, 0.5) is 0 Å². The van der Waals surface area contributed by atoms with E-state index < -0.39 is 0 Å². The monoisotopic (exact) mass is 341 g/mol. The first kappa shape index (κ1) is 15.5. The number of methoxy groups -OCH3 is 1. The van der Waals surface area contributed by atoms with Crippen molar-refractivity contribution in [2.24, 2.45) is 0 Å². The minimum atomic E-state index is -0.316. The first-order valence-corrected chi connectivity index (χ1v) is 7.61. The number of ether oxygens (including phenoxy) is 2. The van der Waals surface area contributed by atoms with Crippen LogP contribution in [0.2, 0.25) is 0 Å². The summed E-state index contributed by atoms with van der Waals surface area (Å²) < 4.78 is 11.2. The summed E-state index contributed by atoms with van der Waals surface area (Å²) in [4.78, 5) is 11.4. The van der Waals surface area contributed by atoms with Gasteiger partial charge in [-0.3, -0.25) is 0 Å². The predicted octanol–water partition coefficient (Wildman–Crippen LogP) is 2.89. The Hall–Kier alpha value is -0.910. The molecule has 0 radical (unpaired) electrons. The Morgan fingerprint density at radius 3 is 3.00 bits per heavy atom. The minimum Gasteiger partial charge on any atom is -0.465 e. The highest BCUT2D eigenvalue weighted by Crippen LogP contribution is 2.20. The van der Waals surface area contributed by atoms with E-state index in [1.807, 2.05) is 6.07 Å². The van der Waals surface area contributed by atoms with Crippen molar-refractivity contribution in [2.75, 3.05) is 13.7 Å². The Kier molecular flexibility index (Phi) is 5.57. The summed E-state index contributed by atoms with van der Waals surface area (Å²) in [7, 11) is 1.39. The zero-order valence-corrected chi connectivity index (χ0v) is 13.4. The topological polar surface area (TPSA) is 47.6 Å². The zero-order valence-electron chi connectivity index (χ0n) is 11.8. The van der Waals surface area contributed by atoms with Crippen molar-refractivity contribution in [2.45, 2.75) is 38.5 Å². The Labute approximate surface area is 128 Å². The van der Waals surface area contributed by atoms with E-state index in [-0.39, 0.29) is 5.97 Å². The van der Waals surface area contributed by atoms with Gasteiger partial charge in [-0.2, -0.15) is 0 Å². The van der Waals surface area contributed by atoms with Crippen molar-refractivity contribution in [1.82, 2.24) is 5.32 Å². The second-order valence-electron chi connectivity index (χ2n) is 5.08. The molecule has 1 aromatic carbocycles. The van der Waals surface area contributed by atoms with Gasteiger partial charge >= 0.3 is 5.97 Å². The lowest BCUT2D eigenvalue weighted by Crippen LogP contribution is -2.37. The molecule has 0 bridgehead atoms. The molecule has 0 spiro atoms. The largest absolute Gasteiger partial charge is 0.465 e. The number of nitrogens with one attached hydrogen (secondary N) is 1. The van der Waals surface area contributed by atoms with Crippen LogP contribution in [0.1, 0.15) is 35.7 Å². The van der Waals surface area contributed by atoms with Gasteiger partial charge in [-0.05, 0) is 37.5 Å². The summed E-state index contributed by atoms with van der Waals surface area (Å²) in [5.74, 6) is -0.316. The average molecular weight is 342 g/mol. The maximum absolute atomic E-state index is 11.4. The van der Waals surface area contributed by atoms with Crippen LogP contribution >= 0.6 is 15.9 Å². The molecule has 1 saturated heterocycles. The third-order valence-electron chi connectivity index (χ3n) is 3.54. The van der Waals surface area contributed by atoms with Crippen molar-refractivity contribution in [3.8, 4) is 0 Å². The molecule has 1 aliphatic rings. The van der Waals surface area contributed by atoms with E-state index >= 15 is 0 Å². The van der Waals surface area contributed by atoms with E-state index in [4.69, 9.17) is 9.47 Å². The summed E-state index contributed by atoms with van der Waals surface area (Å²) >= 11 is 3.51. The molecule has 2 unspecified atom stereocenters. The summed E-state index contributed by atoms with van der Waals surface area (Å²) in [6.45, 7) is 3.70. The lowest BCUT2D eigenvalue weighted by atomic mass is 10.0. The molecular formula is C15H20BrNO3. The molecule has 2 atom stereocenters. The predicted molar refractivity (Wildman–Crippen MR) is 80.8 cm³/mol. The third-order valence-corrected chi connectivity index (χ3v) is 4.28. The van der Waals surface area contributed by atoms with E-state index in [1.54, 1.807) is 12.1 Å². The lowest BCUT2D eigenvalue weighted by molar-refractivity contribution is 0.0130. The van der Waals surface area contributed by atoms with Crippen LogP contribution in [0.25, 0.3) is 0 Å². The van der Waals surface area contributed by atoms with Gasteiger partial charge in [0.15, 0.2) is 0 Å². The normalized spacial score (nSPS) is 22.6. The Morgan fingerprint density at radius 2 is 2.35 bits per heavy atom. The number of hydrogen-bond donors (Lipinski definition) is 1. The number of halogens is 1. The van der Waals surface area contributed by atoms with Gasteiger partial charge in [0.25, 0.3) is 0 Å². The van der Waals surface area contributed by atoms with Crippen molar-refractivity contribution >= 4 is 21.9 Å². The van der Waals surface area contributed by atoms with Crippen LogP contribution in [0.15, 0.2) is 22.7 Å². The van der Waals surface area contributed by atoms with Gasteiger partial charge in [0.05, 0.1) is 18.8 Å².